The van der Waals surface area contributed by atoms with Crippen molar-refractivity contribution in [3.8, 4) is 11.5 Å². The summed E-state index contributed by atoms with van der Waals surface area (Å²) in [6.45, 7) is 3.99. The second-order valence-electron chi connectivity index (χ2n) is 9.16. The number of nitro benzene ring substituents is 1. The smallest absolute Gasteiger partial charge is 0.315 e. The van der Waals surface area contributed by atoms with Crippen LogP contribution in [0.1, 0.15) is 48.4 Å². The molecule has 1 heterocycles. The number of ether oxygens (including phenoxy) is 1. The molecule has 3 aromatic carbocycles. The largest absolute Gasteiger partial charge is 0.500 e. The van der Waals surface area contributed by atoms with E-state index in [1.165, 1.54) is 6.07 Å². The molecule has 0 fully saturated rings. The Labute approximate surface area is 208 Å². The molecule has 0 saturated carbocycles. The molecule has 0 spiro atoms. The van der Waals surface area contributed by atoms with Crippen LogP contribution >= 0.6 is 0 Å². The molecule has 0 radical (unpaired) electrons. The normalized spacial score (nSPS) is 18.9. The number of fused-ring (bicyclic) bond motifs is 1. The number of carbonyl (C=O) groups is 1. The van der Waals surface area contributed by atoms with Crippen molar-refractivity contribution in [3.05, 3.63) is 98.7 Å². The van der Waals surface area contributed by atoms with E-state index in [0.717, 1.165) is 28.2 Å². The summed E-state index contributed by atoms with van der Waals surface area (Å²) in [7, 11) is 0. The van der Waals surface area contributed by atoms with E-state index in [4.69, 9.17) is 4.74 Å². The molecule has 0 bridgehead atoms. The van der Waals surface area contributed by atoms with Gasteiger partial charge in [0, 0.05) is 23.8 Å². The second kappa shape index (κ2) is 9.37. The van der Waals surface area contributed by atoms with Crippen molar-refractivity contribution in [2.75, 3.05) is 17.2 Å². The summed E-state index contributed by atoms with van der Waals surface area (Å²) in [4.78, 5) is 24.8. The molecule has 5 rings (SSSR count). The number of para-hydroxylation sites is 2. The van der Waals surface area contributed by atoms with Crippen molar-refractivity contribution in [2.24, 2.45) is 0 Å². The van der Waals surface area contributed by atoms with Crippen LogP contribution < -0.4 is 15.4 Å². The van der Waals surface area contributed by atoms with E-state index in [9.17, 15) is 20.0 Å². The zero-order valence-electron chi connectivity index (χ0n) is 20.1. The average molecular weight is 486 g/mol. The molecule has 8 heteroatoms. The molecule has 0 aromatic heterocycles. The number of carbonyl (C=O) groups excluding carboxylic acids is 1. The van der Waals surface area contributed by atoms with E-state index in [1.807, 2.05) is 31.2 Å². The highest BCUT2D eigenvalue weighted by Crippen LogP contribution is 2.47. The first-order valence-electron chi connectivity index (χ1n) is 11.9. The molecule has 0 amide bonds. The lowest BCUT2D eigenvalue weighted by Gasteiger charge is -2.30. The summed E-state index contributed by atoms with van der Waals surface area (Å²) in [6.07, 6.45) is 0.950. The topological polar surface area (TPSA) is 114 Å². The number of anilines is 2. The second-order valence-corrected chi connectivity index (χ2v) is 9.16. The number of ketones is 1. The van der Waals surface area contributed by atoms with E-state index in [0.29, 0.717) is 24.0 Å². The lowest BCUT2D eigenvalue weighted by molar-refractivity contribution is -0.386. The number of nitrogens with zero attached hydrogens (tertiary/aromatic N) is 1. The third-order valence-corrected chi connectivity index (χ3v) is 6.76. The SMILES string of the molecule is CCOc1cc(C2Nc3ccccc3NC3=C2C(=O)CC(c2ccc(C)cc2)C3)cc([N+](=O)[O-])c1O. The van der Waals surface area contributed by atoms with Crippen molar-refractivity contribution < 1.29 is 19.6 Å². The van der Waals surface area contributed by atoms with Crippen LogP contribution in [0, 0.1) is 17.0 Å². The molecular weight excluding hydrogens is 458 g/mol. The van der Waals surface area contributed by atoms with Gasteiger partial charge in [0.25, 0.3) is 0 Å². The highest BCUT2D eigenvalue weighted by molar-refractivity contribution is 6.01. The van der Waals surface area contributed by atoms with Crippen LogP contribution in [0.15, 0.2) is 71.9 Å². The summed E-state index contributed by atoms with van der Waals surface area (Å²) in [5.41, 5.74) is 5.18. The molecule has 2 aliphatic rings. The van der Waals surface area contributed by atoms with Gasteiger partial charge in [-0.25, -0.2) is 0 Å². The maximum Gasteiger partial charge on any atom is 0.315 e. The number of benzene rings is 3. The number of hydrogen-bond acceptors (Lipinski definition) is 7. The highest BCUT2D eigenvalue weighted by Gasteiger charge is 2.37. The lowest BCUT2D eigenvalue weighted by Crippen LogP contribution is -2.27. The number of rotatable bonds is 5. The van der Waals surface area contributed by atoms with Crippen LogP contribution in [0.3, 0.4) is 0 Å². The number of hydrogen-bond donors (Lipinski definition) is 3. The summed E-state index contributed by atoms with van der Waals surface area (Å²) >= 11 is 0. The zero-order valence-corrected chi connectivity index (χ0v) is 20.1. The Kier molecular flexibility index (Phi) is 6.10. The number of nitrogens with one attached hydrogen (secondary N) is 2. The van der Waals surface area contributed by atoms with Crippen molar-refractivity contribution in [2.45, 2.75) is 38.6 Å². The molecule has 1 aliphatic carbocycles. The third-order valence-electron chi connectivity index (χ3n) is 6.76. The standard InChI is InChI=1S/C28H27N3O5/c1-3-36-25-15-19(13-23(28(25)33)31(34)35)27-26-22(29-20-6-4-5-7-21(20)30-27)12-18(14-24(26)32)17-10-8-16(2)9-11-17/h4-11,13,15,18,27,29-30,33H,3,12,14H2,1-2H3. The molecule has 184 valence electrons. The quantitative estimate of drug-likeness (QED) is 0.301. The molecule has 2 atom stereocenters. The van der Waals surface area contributed by atoms with Gasteiger partial charge in [-0.15, -0.1) is 0 Å². The minimum atomic E-state index is -0.666. The molecular formula is C28H27N3O5. The first-order valence-corrected chi connectivity index (χ1v) is 11.9. The van der Waals surface area contributed by atoms with Crippen molar-refractivity contribution in [1.29, 1.82) is 0 Å². The van der Waals surface area contributed by atoms with Gasteiger partial charge < -0.3 is 20.5 Å². The minimum absolute atomic E-state index is 0.0110. The fourth-order valence-corrected chi connectivity index (χ4v) is 5.00. The van der Waals surface area contributed by atoms with Crippen LogP contribution in [0.5, 0.6) is 11.5 Å². The van der Waals surface area contributed by atoms with Crippen molar-refractivity contribution >= 4 is 22.8 Å². The van der Waals surface area contributed by atoms with Gasteiger partial charge in [-0.05, 0) is 55.5 Å². The molecule has 2 unspecified atom stereocenters. The Balaban J connectivity index is 1.65. The first kappa shape index (κ1) is 23.4. The van der Waals surface area contributed by atoms with Gasteiger partial charge in [0.15, 0.2) is 11.5 Å². The Morgan fingerprint density at radius 3 is 2.47 bits per heavy atom. The van der Waals surface area contributed by atoms with E-state index >= 15 is 0 Å². The Morgan fingerprint density at radius 1 is 1.06 bits per heavy atom. The van der Waals surface area contributed by atoms with E-state index in [-0.39, 0.29) is 24.1 Å². The summed E-state index contributed by atoms with van der Waals surface area (Å²) in [6, 6.07) is 18.1. The number of phenolic OH excluding ortho intramolecular Hbond substituents is 1. The van der Waals surface area contributed by atoms with Gasteiger partial charge in [-0.3, -0.25) is 14.9 Å². The summed E-state index contributed by atoms with van der Waals surface area (Å²) in [5.74, 6) is -0.532. The monoisotopic (exact) mass is 485 g/mol. The Hall–Kier alpha value is -4.33. The van der Waals surface area contributed by atoms with E-state index in [1.54, 1.807) is 13.0 Å². The van der Waals surface area contributed by atoms with Gasteiger partial charge in [0.05, 0.1) is 28.9 Å². The number of aryl methyl sites for hydroxylation is 1. The van der Waals surface area contributed by atoms with Gasteiger partial charge in [-0.1, -0.05) is 42.0 Å². The van der Waals surface area contributed by atoms with Crippen molar-refractivity contribution in [3.63, 3.8) is 0 Å². The van der Waals surface area contributed by atoms with Crippen LogP contribution in [-0.4, -0.2) is 22.4 Å². The maximum atomic E-state index is 13.7. The zero-order chi connectivity index (χ0) is 25.4. The van der Waals surface area contributed by atoms with E-state index < -0.39 is 22.4 Å². The summed E-state index contributed by atoms with van der Waals surface area (Å²) < 4.78 is 5.51. The Morgan fingerprint density at radius 2 is 1.78 bits per heavy atom. The first-order chi connectivity index (χ1) is 17.4. The van der Waals surface area contributed by atoms with Gasteiger partial charge in [0.1, 0.15) is 0 Å². The van der Waals surface area contributed by atoms with E-state index in [2.05, 4.69) is 34.9 Å². The van der Waals surface area contributed by atoms with Gasteiger partial charge in [-0.2, -0.15) is 0 Å². The maximum absolute atomic E-state index is 13.7. The lowest BCUT2D eigenvalue weighted by atomic mass is 9.78. The average Bonchev–Trinajstić information content (AvgIpc) is 3.02. The number of phenols is 1. The van der Waals surface area contributed by atoms with Crippen LogP contribution in [0.25, 0.3) is 0 Å². The Bertz CT molecular complexity index is 1380. The highest BCUT2D eigenvalue weighted by atomic mass is 16.6. The predicted octanol–water partition coefficient (Wildman–Crippen LogP) is 5.99. The van der Waals surface area contributed by atoms with Gasteiger partial charge in [0.2, 0.25) is 5.75 Å². The number of Topliss-reactive ketones (excluding diaryl/α,β-unsaturated/α-hetero) is 1. The predicted molar refractivity (Wildman–Crippen MR) is 138 cm³/mol. The van der Waals surface area contributed by atoms with Crippen LogP contribution in [-0.2, 0) is 4.79 Å². The number of allylic oxidation sites excluding steroid dienone is 1. The molecule has 3 aromatic rings. The summed E-state index contributed by atoms with van der Waals surface area (Å²) in [5, 5.41) is 29.0. The third kappa shape index (κ3) is 4.26. The molecule has 3 N–H and O–H groups in total. The fourth-order valence-electron chi connectivity index (χ4n) is 5.00. The molecule has 0 saturated heterocycles. The van der Waals surface area contributed by atoms with Crippen molar-refractivity contribution in [1.82, 2.24) is 0 Å². The minimum Gasteiger partial charge on any atom is -0.500 e. The number of aromatic hydroxyl groups is 1. The number of nitro groups is 1. The molecule has 36 heavy (non-hydrogen) atoms. The van der Waals surface area contributed by atoms with Gasteiger partial charge >= 0.3 is 5.69 Å². The molecule has 8 nitrogen and oxygen atoms in total. The van der Waals surface area contributed by atoms with Crippen LogP contribution in [0.4, 0.5) is 17.1 Å². The fraction of sp³-hybridized carbons (Fsp3) is 0.250. The van der Waals surface area contributed by atoms with Crippen LogP contribution in [0.2, 0.25) is 0 Å². The molecule has 1 aliphatic heterocycles.